The number of nitrogens with two attached hydrogens (primary N) is 1. The molecule has 0 aliphatic heterocycles. The van der Waals surface area contributed by atoms with E-state index in [4.69, 9.17) is 5.73 Å². The largest absolute Gasteiger partial charge is 0.469 e. The van der Waals surface area contributed by atoms with E-state index in [1.807, 2.05) is 0 Å². The summed E-state index contributed by atoms with van der Waals surface area (Å²) in [5.41, 5.74) is 5.96. The third-order valence-electron chi connectivity index (χ3n) is 2.32. The molecule has 0 atom stereocenters. The van der Waals surface area contributed by atoms with Crippen LogP contribution in [0.25, 0.3) is 0 Å². The number of ketones is 1. The number of methoxy groups -OCH3 is 1. The Morgan fingerprint density at radius 2 is 1.79 bits per heavy atom. The van der Waals surface area contributed by atoms with Gasteiger partial charge in [0.25, 0.3) is 5.91 Å². The Morgan fingerprint density at radius 3 is 2.32 bits per heavy atom. The van der Waals surface area contributed by atoms with Crippen LogP contribution in [0.3, 0.4) is 0 Å². The molecule has 0 aromatic heterocycles. The molecule has 0 saturated carbocycles. The van der Waals surface area contributed by atoms with Crippen LogP contribution in [0.4, 0.5) is 0 Å². The Labute approximate surface area is 110 Å². The van der Waals surface area contributed by atoms with E-state index in [0.29, 0.717) is 11.1 Å². The van der Waals surface area contributed by atoms with Crippen molar-refractivity contribution < 1.29 is 19.1 Å². The number of carbonyl (C=O) groups is 3. The molecule has 5 heteroatoms. The zero-order chi connectivity index (χ0) is 14.3. The first-order chi connectivity index (χ1) is 9.02. The summed E-state index contributed by atoms with van der Waals surface area (Å²) in [6, 6.07) is 6.40. The fraction of sp³-hybridized carbons (Fsp3) is 0.214. The Hall–Kier alpha value is -2.61. The van der Waals surface area contributed by atoms with Crippen molar-refractivity contribution in [3.05, 3.63) is 35.4 Å². The fourth-order valence-corrected chi connectivity index (χ4v) is 1.34. The summed E-state index contributed by atoms with van der Waals surface area (Å²) in [7, 11) is 1.28. The SMILES string of the molecule is COC(=O)CCC(=O)c1ccc(C#CC(N)=O)cc1. The van der Waals surface area contributed by atoms with Crippen LogP contribution >= 0.6 is 0 Å². The lowest BCUT2D eigenvalue weighted by atomic mass is 10.0. The van der Waals surface area contributed by atoms with E-state index in [1.54, 1.807) is 24.3 Å². The maximum atomic E-state index is 11.7. The van der Waals surface area contributed by atoms with Gasteiger partial charge in [0.05, 0.1) is 13.5 Å². The van der Waals surface area contributed by atoms with Crippen molar-refractivity contribution in [1.82, 2.24) is 0 Å². The molecular formula is C14H13NO4. The van der Waals surface area contributed by atoms with Crippen molar-refractivity contribution in [2.24, 2.45) is 5.73 Å². The second kappa shape index (κ2) is 6.97. The number of rotatable bonds is 4. The molecule has 0 radical (unpaired) electrons. The minimum absolute atomic E-state index is 0.0541. The smallest absolute Gasteiger partial charge is 0.305 e. The van der Waals surface area contributed by atoms with Gasteiger partial charge < -0.3 is 10.5 Å². The molecule has 5 nitrogen and oxygen atoms in total. The highest BCUT2D eigenvalue weighted by atomic mass is 16.5. The number of Topliss-reactive ketones (excluding diaryl/α,β-unsaturated/α-hetero) is 1. The molecule has 0 unspecified atom stereocenters. The zero-order valence-corrected chi connectivity index (χ0v) is 10.4. The highest BCUT2D eigenvalue weighted by molar-refractivity contribution is 5.97. The van der Waals surface area contributed by atoms with Gasteiger partial charge in [0.1, 0.15) is 0 Å². The van der Waals surface area contributed by atoms with Crippen LogP contribution in [0.5, 0.6) is 0 Å². The molecule has 1 aromatic carbocycles. The van der Waals surface area contributed by atoms with Crippen molar-refractivity contribution in [2.45, 2.75) is 12.8 Å². The Morgan fingerprint density at radius 1 is 1.16 bits per heavy atom. The number of amides is 1. The van der Waals surface area contributed by atoms with Crippen LogP contribution in [0.15, 0.2) is 24.3 Å². The normalized spacial score (nSPS) is 9.11. The van der Waals surface area contributed by atoms with Crippen molar-refractivity contribution in [3.63, 3.8) is 0 Å². The molecule has 0 saturated heterocycles. The van der Waals surface area contributed by atoms with Gasteiger partial charge in [-0.2, -0.15) is 0 Å². The predicted octanol–water partition coefficient (Wildman–Crippen LogP) is 0.659. The topological polar surface area (TPSA) is 86.5 Å². The van der Waals surface area contributed by atoms with E-state index in [-0.39, 0.29) is 18.6 Å². The first-order valence-electron chi connectivity index (χ1n) is 5.54. The maximum absolute atomic E-state index is 11.7. The molecule has 0 aliphatic rings. The quantitative estimate of drug-likeness (QED) is 0.489. The number of esters is 1. The van der Waals surface area contributed by atoms with Gasteiger partial charge in [-0.25, -0.2) is 0 Å². The predicted molar refractivity (Wildman–Crippen MR) is 68.1 cm³/mol. The molecule has 0 fully saturated rings. The van der Waals surface area contributed by atoms with Crippen LogP contribution < -0.4 is 5.73 Å². The maximum Gasteiger partial charge on any atom is 0.305 e. The monoisotopic (exact) mass is 259 g/mol. The highest BCUT2D eigenvalue weighted by Crippen LogP contribution is 2.08. The van der Waals surface area contributed by atoms with Gasteiger partial charge in [0.2, 0.25) is 0 Å². The molecule has 2 N–H and O–H groups in total. The highest BCUT2D eigenvalue weighted by Gasteiger charge is 2.08. The second-order valence-corrected chi connectivity index (χ2v) is 3.69. The number of primary amides is 1. The van der Waals surface area contributed by atoms with Crippen molar-refractivity contribution >= 4 is 17.7 Å². The van der Waals surface area contributed by atoms with Crippen LogP contribution in [0.1, 0.15) is 28.8 Å². The number of benzene rings is 1. The number of carbonyl (C=O) groups excluding carboxylic acids is 3. The van der Waals surface area contributed by atoms with Gasteiger partial charge >= 0.3 is 5.97 Å². The van der Waals surface area contributed by atoms with Gasteiger partial charge in [-0.15, -0.1) is 0 Å². The Bertz CT molecular complexity index is 549. The summed E-state index contributed by atoms with van der Waals surface area (Å²) >= 11 is 0. The lowest BCUT2D eigenvalue weighted by molar-refractivity contribution is -0.140. The van der Waals surface area contributed by atoms with E-state index in [9.17, 15) is 14.4 Å². The Kier molecular flexibility index (Phi) is 5.30. The number of ether oxygens (including phenoxy) is 1. The number of hydrogen-bond acceptors (Lipinski definition) is 4. The first-order valence-corrected chi connectivity index (χ1v) is 5.54. The van der Waals surface area contributed by atoms with E-state index < -0.39 is 11.9 Å². The summed E-state index contributed by atoms with van der Waals surface area (Å²) in [6.07, 6.45) is 0.150. The number of hydrogen-bond donors (Lipinski definition) is 1. The molecule has 0 bridgehead atoms. The molecule has 0 spiro atoms. The van der Waals surface area contributed by atoms with Crippen molar-refractivity contribution in [2.75, 3.05) is 7.11 Å². The van der Waals surface area contributed by atoms with Crippen LogP contribution in [-0.2, 0) is 14.3 Å². The van der Waals surface area contributed by atoms with Crippen LogP contribution in [0.2, 0.25) is 0 Å². The molecule has 0 heterocycles. The van der Waals surface area contributed by atoms with Crippen LogP contribution in [0, 0.1) is 11.8 Å². The molecule has 0 aliphatic carbocycles. The fourth-order valence-electron chi connectivity index (χ4n) is 1.34. The zero-order valence-electron chi connectivity index (χ0n) is 10.4. The summed E-state index contributed by atoms with van der Waals surface area (Å²) in [5.74, 6) is 3.48. The minimum atomic E-state index is -0.710. The van der Waals surface area contributed by atoms with Gasteiger partial charge in [0.15, 0.2) is 5.78 Å². The third kappa shape index (κ3) is 5.04. The summed E-state index contributed by atoms with van der Waals surface area (Å²) in [5, 5.41) is 0. The Balaban J connectivity index is 2.66. The molecule has 19 heavy (non-hydrogen) atoms. The van der Waals surface area contributed by atoms with E-state index >= 15 is 0 Å². The van der Waals surface area contributed by atoms with Crippen LogP contribution in [-0.4, -0.2) is 24.8 Å². The molecule has 1 rings (SSSR count). The average Bonchev–Trinajstić information content (AvgIpc) is 2.42. The lowest BCUT2D eigenvalue weighted by Gasteiger charge is -2.00. The van der Waals surface area contributed by atoms with E-state index in [0.717, 1.165) is 0 Å². The van der Waals surface area contributed by atoms with Crippen molar-refractivity contribution in [3.8, 4) is 11.8 Å². The molecule has 1 aromatic rings. The second-order valence-electron chi connectivity index (χ2n) is 3.69. The molecule has 1 amide bonds. The van der Waals surface area contributed by atoms with E-state index in [1.165, 1.54) is 7.11 Å². The molecule has 98 valence electrons. The lowest BCUT2D eigenvalue weighted by Crippen LogP contribution is -2.06. The van der Waals surface area contributed by atoms with Gasteiger partial charge in [-0.05, 0) is 18.1 Å². The van der Waals surface area contributed by atoms with Gasteiger partial charge in [0, 0.05) is 17.5 Å². The minimum Gasteiger partial charge on any atom is -0.469 e. The summed E-state index contributed by atoms with van der Waals surface area (Å²) in [4.78, 5) is 33.1. The first kappa shape index (κ1) is 14.5. The standard InChI is InChI=1S/C14H13NO4/c1-19-14(18)9-7-12(16)11-5-2-10(3-6-11)4-8-13(15)17/h2-3,5-6H,7,9H2,1H3,(H2,15,17). The van der Waals surface area contributed by atoms with Crippen molar-refractivity contribution in [1.29, 1.82) is 0 Å². The summed E-state index contributed by atoms with van der Waals surface area (Å²) in [6.45, 7) is 0. The average molecular weight is 259 g/mol. The van der Waals surface area contributed by atoms with E-state index in [2.05, 4.69) is 16.6 Å². The summed E-state index contributed by atoms with van der Waals surface area (Å²) < 4.78 is 4.46. The van der Waals surface area contributed by atoms with Gasteiger partial charge in [-0.1, -0.05) is 18.1 Å². The van der Waals surface area contributed by atoms with Gasteiger partial charge in [-0.3, -0.25) is 14.4 Å². The molecular weight excluding hydrogens is 246 g/mol. The third-order valence-corrected chi connectivity index (χ3v) is 2.32.